The number of hydrogen-bond acceptors (Lipinski definition) is 13. The van der Waals surface area contributed by atoms with Crippen LogP contribution >= 0.6 is 7.15 Å². The lowest BCUT2D eigenvalue weighted by Crippen LogP contribution is -2.41. The minimum Gasteiger partial charge on any atom is -0.497 e. The number of rotatable bonds is 20. The summed E-state index contributed by atoms with van der Waals surface area (Å²) in [6.07, 6.45) is -1.82. The van der Waals surface area contributed by atoms with Crippen molar-refractivity contribution in [2.24, 2.45) is 0 Å². The van der Waals surface area contributed by atoms with Gasteiger partial charge in [-0.2, -0.15) is 0 Å². The number of H-pyrrole nitrogens is 2. The van der Waals surface area contributed by atoms with E-state index in [4.69, 9.17) is 49.3 Å². The van der Waals surface area contributed by atoms with Gasteiger partial charge in [-0.1, -0.05) is 146 Å². The SMILES string of the molecule is COc1ccc(C(OC[C@H]2O[C@@H](n3cc(C)c(=O)[nH]c3=O)C[C@@H]2O[P+](=S)OC[C@H]2O[C@@H](n3cc(C)c(=O)[nH]c3=O)C[C@@H]2OC(c2ccccc2)(c2ccccc2)c2ccc(OC)cc2)(c2ccccc2)c2ccccc2)cc1. The summed E-state index contributed by atoms with van der Waals surface area (Å²) in [7, 11) is 1.06. The molecule has 8 aromatic rings. The Balaban J connectivity index is 0.984. The van der Waals surface area contributed by atoms with E-state index in [0.29, 0.717) is 22.6 Å². The van der Waals surface area contributed by atoms with Crippen molar-refractivity contribution in [2.75, 3.05) is 27.4 Å². The average molecular weight is 1090 g/mol. The summed E-state index contributed by atoms with van der Waals surface area (Å²) in [5.41, 5.74) is 0.866. The molecular weight excluding hydrogens is 1030 g/mol. The number of nitrogens with one attached hydrogen (secondary N) is 2. The molecule has 0 amide bonds. The minimum absolute atomic E-state index is 0.0599. The summed E-state index contributed by atoms with van der Waals surface area (Å²) >= 11 is 6.06. The summed E-state index contributed by atoms with van der Waals surface area (Å²) in [6.45, 7) is 3.02. The van der Waals surface area contributed by atoms with Gasteiger partial charge in [0.1, 0.15) is 60.1 Å². The Hall–Kier alpha value is -7.44. The van der Waals surface area contributed by atoms with Gasteiger partial charge in [-0.15, -0.1) is 9.05 Å². The van der Waals surface area contributed by atoms with Gasteiger partial charge < -0.3 is 28.4 Å². The Labute approximate surface area is 455 Å². The highest BCUT2D eigenvalue weighted by atomic mass is 32.4. The highest BCUT2D eigenvalue weighted by molar-refractivity contribution is 8.00. The molecule has 16 nitrogen and oxygen atoms in total. The summed E-state index contributed by atoms with van der Waals surface area (Å²) in [5.74, 6) is 1.33. The fraction of sp³-hybridized carbons (Fsp3) is 0.267. The molecule has 2 fully saturated rings. The van der Waals surface area contributed by atoms with Crippen LogP contribution in [-0.2, 0) is 51.0 Å². The summed E-state index contributed by atoms with van der Waals surface area (Å²) in [6, 6.07) is 54.8. The second-order valence-electron chi connectivity index (χ2n) is 19.1. The van der Waals surface area contributed by atoms with Gasteiger partial charge in [0.15, 0.2) is 0 Å². The summed E-state index contributed by atoms with van der Waals surface area (Å²) < 4.78 is 55.4. The maximum atomic E-state index is 13.5. The highest BCUT2D eigenvalue weighted by Crippen LogP contribution is 2.47. The maximum absolute atomic E-state index is 13.5. The van der Waals surface area contributed by atoms with E-state index in [-0.39, 0.29) is 26.1 Å². The van der Waals surface area contributed by atoms with Crippen LogP contribution in [0, 0.1) is 13.8 Å². The van der Waals surface area contributed by atoms with Gasteiger partial charge in [0, 0.05) is 36.4 Å². The van der Waals surface area contributed by atoms with Crippen LogP contribution in [0.3, 0.4) is 0 Å². The average Bonchev–Trinajstić information content (AvgIpc) is 4.23. The molecule has 1 unspecified atom stereocenters. The quantitative estimate of drug-likeness (QED) is 0.0546. The zero-order chi connectivity index (χ0) is 54.4. The zero-order valence-corrected chi connectivity index (χ0v) is 45.0. The van der Waals surface area contributed by atoms with Crippen LogP contribution in [0.15, 0.2) is 201 Å². The fourth-order valence-corrected chi connectivity index (χ4v) is 11.7. The van der Waals surface area contributed by atoms with Crippen molar-refractivity contribution in [3.8, 4) is 11.5 Å². The molecule has 18 heteroatoms. The van der Waals surface area contributed by atoms with Gasteiger partial charge in [0.05, 0.1) is 26.9 Å². The number of aryl methyl sites for hydroxylation is 2. The van der Waals surface area contributed by atoms with Crippen molar-refractivity contribution in [1.29, 1.82) is 0 Å². The molecule has 2 aliphatic heterocycles. The number of ether oxygens (including phenoxy) is 6. The van der Waals surface area contributed by atoms with Crippen molar-refractivity contribution >= 4 is 19.0 Å². The number of aromatic amines is 2. The smallest absolute Gasteiger partial charge is 0.497 e. The van der Waals surface area contributed by atoms with Gasteiger partial charge in [0.25, 0.3) is 11.1 Å². The Morgan fingerprint density at radius 3 is 1.32 bits per heavy atom. The first-order valence-corrected chi connectivity index (χ1v) is 27.6. The normalized spacial score (nSPS) is 19.6. The van der Waals surface area contributed by atoms with E-state index < -0.39 is 77.7 Å². The number of methoxy groups -OCH3 is 2. The second-order valence-corrected chi connectivity index (χ2v) is 20.9. The lowest BCUT2D eigenvalue weighted by molar-refractivity contribution is -0.0988. The highest BCUT2D eigenvalue weighted by Gasteiger charge is 2.49. The Bertz CT molecular complexity index is 3500. The zero-order valence-electron chi connectivity index (χ0n) is 43.3. The molecular formula is C60H58N4O12PS+. The minimum atomic E-state index is -2.17. The van der Waals surface area contributed by atoms with E-state index in [2.05, 4.69) is 9.97 Å². The molecule has 0 aliphatic carbocycles. The van der Waals surface area contributed by atoms with Gasteiger partial charge in [-0.3, -0.25) is 28.7 Å². The molecule has 2 aliphatic rings. The van der Waals surface area contributed by atoms with Crippen LogP contribution in [0.4, 0.5) is 0 Å². The van der Waals surface area contributed by atoms with Gasteiger partial charge in [-0.25, -0.2) is 9.59 Å². The Morgan fingerprint density at radius 2 is 0.897 bits per heavy atom. The predicted octanol–water partition coefficient (Wildman–Crippen LogP) is 8.86. The van der Waals surface area contributed by atoms with Crippen LogP contribution in [0.1, 0.15) is 69.8 Å². The molecule has 78 heavy (non-hydrogen) atoms. The third kappa shape index (κ3) is 11.0. The van der Waals surface area contributed by atoms with Crippen molar-refractivity contribution in [2.45, 2.75) is 74.8 Å². The Kier molecular flexibility index (Phi) is 16.4. The molecule has 0 spiro atoms. The first kappa shape index (κ1) is 53.9. The molecule has 0 saturated carbocycles. The molecule has 2 aromatic heterocycles. The first-order chi connectivity index (χ1) is 37.9. The van der Waals surface area contributed by atoms with Crippen LogP contribution in [0.25, 0.3) is 0 Å². The molecule has 0 bridgehead atoms. The van der Waals surface area contributed by atoms with Crippen molar-refractivity contribution in [3.05, 3.63) is 268 Å². The number of hydrogen-bond donors (Lipinski definition) is 2. The van der Waals surface area contributed by atoms with Gasteiger partial charge >= 0.3 is 18.5 Å². The van der Waals surface area contributed by atoms with Gasteiger partial charge in [0.2, 0.25) is 11.8 Å². The van der Waals surface area contributed by atoms with Crippen molar-refractivity contribution in [1.82, 2.24) is 19.1 Å². The molecule has 400 valence electrons. The second kappa shape index (κ2) is 23.7. The Morgan fingerprint density at radius 1 is 0.526 bits per heavy atom. The maximum Gasteiger partial charge on any atom is 0.522 e. The van der Waals surface area contributed by atoms with E-state index in [1.807, 2.05) is 170 Å². The molecule has 2 saturated heterocycles. The topological polar surface area (TPSA) is 184 Å². The van der Waals surface area contributed by atoms with E-state index in [9.17, 15) is 19.2 Å². The van der Waals surface area contributed by atoms with Crippen molar-refractivity contribution in [3.63, 3.8) is 0 Å². The first-order valence-electron chi connectivity index (χ1n) is 25.4. The third-order valence-corrected chi connectivity index (χ3v) is 15.7. The molecule has 7 atom stereocenters. The number of nitrogens with zero attached hydrogens (tertiary/aromatic N) is 2. The van der Waals surface area contributed by atoms with E-state index in [1.54, 1.807) is 28.1 Å². The van der Waals surface area contributed by atoms with Gasteiger partial charge in [-0.05, 0) is 71.5 Å². The monoisotopic (exact) mass is 1090 g/mol. The molecule has 10 rings (SSSR count). The van der Waals surface area contributed by atoms with Crippen LogP contribution in [0.5, 0.6) is 11.5 Å². The lowest BCUT2D eigenvalue weighted by Gasteiger charge is -2.39. The predicted molar refractivity (Wildman–Crippen MR) is 297 cm³/mol. The van der Waals surface area contributed by atoms with Crippen molar-refractivity contribution < 1.29 is 37.5 Å². The van der Waals surface area contributed by atoms with Crippen LogP contribution < -0.4 is 32.0 Å². The standard InChI is InChI=1S/C60H57N4O12PS/c1-39-35-63(57(67)61-55(39)65)53-33-49(75-60(43-21-13-7-14-22-43,44-23-15-8-16-24-44)46-27-31-48(70-4)32-28-46)52(74-53)38-72-77(78)76-50-34-54(64-36-40(2)56(66)62-58(64)68)73-51(50)37-71-59(41-17-9-5-10-18-41,42-19-11-6-12-20-42)45-25-29-47(69-3)30-26-45/h5-32,35-36,49-54H,33-34,37-38H2,1-4H3,(H-,61,62,65,66,67,68)/p+1/t49-,50-,51+,52+,53+,54+/m0/s1. The number of benzene rings is 6. The fourth-order valence-electron chi connectivity index (χ4n) is 10.4. The third-order valence-electron chi connectivity index (χ3n) is 14.3. The lowest BCUT2D eigenvalue weighted by atomic mass is 9.79. The van der Waals surface area contributed by atoms with Crippen LogP contribution in [-0.4, -0.2) is 71.0 Å². The molecule has 2 N–H and O–H groups in total. The molecule has 6 aromatic carbocycles. The summed E-state index contributed by atoms with van der Waals surface area (Å²) in [4.78, 5) is 56.9. The van der Waals surface area contributed by atoms with E-state index in [0.717, 1.165) is 33.4 Å². The van der Waals surface area contributed by atoms with E-state index >= 15 is 0 Å². The van der Waals surface area contributed by atoms with E-state index in [1.165, 1.54) is 21.5 Å². The summed E-state index contributed by atoms with van der Waals surface area (Å²) in [5, 5.41) is 0. The molecule has 0 radical (unpaired) electrons. The van der Waals surface area contributed by atoms with Crippen LogP contribution in [0.2, 0.25) is 0 Å². The largest absolute Gasteiger partial charge is 0.522 e. The number of aromatic nitrogens is 4. The molecule has 4 heterocycles.